The van der Waals surface area contributed by atoms with Crippen molar-refractivity contribution in [1.82, 2.24) is 4.90 Å². The normalized spacial score (nSPS) is 11.1. The summed E-state index contributed by atoms with van der Waals surface area (Å²) in [7, 11) is 0. The maximum Gasteiger partial charge on any atom is 0.251 e. The van der Waals surface area contributed by atoms with Crippen LogP contribution in [0.2, 0.25) is 5.02 Å². The van der Waals surface area contributed by atoms with Gasteiger partial charge in [0.1, 0.15) is 0 Å². The summed E-state index contributed by atoms with van der Waals surface area (Å²) in [6.07, 6.45) is -2.44. The summed E-state index contributed by atoms with van der Waals surface area (Å²) < 4.78 is 24.6. The second-order valence-electron chi connectivity index (χ2n) is 4.19. The van der Waals surface area contributed by atoms with Gasteiger partial charge in [-0.2, -0.15) is 0 Å². The number of amides is 1. The third-order valence-electron chi connectivity index (χ3n) is 2.62. The van der Waals surface area contributed by atoms with Gasteiger partial charge in [-0.05, 0) is 12.1 Å². The van der Waals surface area contributed by atoms with Crippen LogP contribution in [0.5, 0.6) is 0 Å². The van der Waals surface area contributed by atoms with E-state index in [1.165, 1.54) is 4.90 Å². The van der Waals surface area contributed by atoms with Gasteiger partial charge in [0, 0.05) is 19.5 Å². The second kappa shape index (κ2) is 8.84. The van der Waals surface area contributed by atoms with Crippen LogP contribution in [0.4, 0.5) is 14.5 Å². The summed E-state index contributed by atoms with van der Waals surface area (Å²) in [4.78, 5) is 13.1. The number of hydrogen-bond donors (Lipinski definition) is 2. The van der Waals surface area contributed by atoms with Gasteiger partial charge in [0.15, 0.2) is 0 Å². The number of aliphatic hydroxyl groups is 1. The Bertz CT molecular complexity index is 433. The Hall–Kier alpha value is -1.24. The molecule has 0 radical (unpaired) electrons. The van der Waals surface area contributed by atoms with Crippen molar-refractivity contribution in [3.63, 3.8) is 0 Å². The highest BCUT2D eigenvalue weighted by Crippen LogP contribution is 2.20. The number of alkyl halides is 2. The van der Waals surface area contributed by atoms with Crippen LogP contribution < -0.4 is 5.32 Å². The number of rotatable bonds is 8. The van der Waals surface area contributed by atoms with Gasteiger partial charge in [-0.1, -0.05) is 23.7 Å². The minimum Gasteiger partial charge on any atom is -0.395 e. The van der Waals surface area contributed by atoms with E-state index < -0.39 is 13.0 Å². The predicted molar refractivity (Wildman–Crippen MR) is 74.2 cm³/mol. The van der Waals surface area contributed by atoms with Crippen molar-refractivity contribution in [3.8, 4) is 0 Å². The van der Waals surface area contributed by atoms with Gasteiger partial charge in [0.2, 0.25) is 5.91 Å². The van der Waals surface area contributed by atoms with E-state index in [4.69, 9.17) is 16.7 Å². The Morgan fingerprint density at radius 2 is 2.05 bits per heavy atom. The quantitative estimate of drug-likeness (QED) is 0.774. The Kier molecular flexibility index (Phi) is 7.43. The summed E-state index contributed by atoms with van der Waals surface area (Å²) in [6.45, 7) is -0.413. The molecular weight excluding hydrogens is 290 g/mol. The number of anilines is 1. The first-order chi connectivity index (χ1) is 9.52. The van der Waals surface area contributed by atoms with E-state index in [-0.39, 0.29) is 32.0 Å². The largest absolute Gasteiger partial charge is 0.395 e. The molecular formula is C13H17ClF2N2O2. The Balaban J connectivity index is 2.43. The van der Waals surface area contributed by atoms with Gasteiger partial charge in [-0.3, -0.25) is 9.69 Å². The van der Waals surface area contributed by atoms with Crippen LogP contribution in [0.25, 0.3) is 0 Å². The Labute approximate surface area is 121 Å². The van der Waals surface area contributed by atoms with Crippen LogP contribution >= 0.6 is 11.6 Å². The molecule has 0 unspecified atom stereocenters. The fraction of sp³-hybridized carbons (Fsp3) is 0.462. The highest BCUT2D eigenvalue weighted by Gasteiger charge is 2.13. The zero-order chi connectivity index (χ0) is 15.0. The fourth-order valence-corrected chi connectivity index (χ4v) is 1.85. The smallest absolute Gasteiger partial charge is 0.251 e. The molecule has 0 aromatic heterocycles. The molecule has 7 heteroatoms. The first-order valence-electron chi connectivity index (χ1n) is 6.18. The van der Waals surface area contributed by atoms with Gasteiger partial charge in [0.25, 0.3) is 6.43 Å². The summed E-state index contributed by atoms with van der Waals surface area (Å²) in [5, 5.41) is 11.8. The predicted octanol–water partition coefficient (Wildman–Crippen LogP) is 2.23. The lowest BCUT2D eigenvalue weighted by molar-refractivity contribution is -0.116. The molecule has 0 aliphatic rings. The van der Waals surface area contributed by atoms with Crippen molar-refractivity contribution in [3.05, 3.63) is 29.3 Å². The van der Waals surface area contributed by atoms with Gasteiger partial charge >= 0.3 is 0 Å². The fourth-order valence-electron chi connectivity index (χ4n) is 1.67. The van der Waals surface area contributed by atoms with E-state index in [0.717, 1.165) is 0 Å². The molecule has 20 heavy (non-hydrogen) atoms. The van der Waals surface area contributed by atoms with Crippen LogP contribution in [0.1, 0.15) is 6.42 Å². The minimum atomic E-state index is -2.49. The molecule has 0 aliphatic carbocycles. The summed E-state index contributed by atoms with van der Waals surface area (Å²) in [5.74, 6) is -0.310. The molecule has 112 valence electrons. The molecule has 1 rings (SSSR count). The van der Waals surface area contributed by atoms with Crippen molar-refractivity contribution < 1.29 is 18.7 Å². The topological polar surface area (TPSA) is 52.6 Å². The maximum atomic E-state index is 12.3. The number of aliphatic hydroxyl groups excluding tert-OH is 1. The van der Waals surface area contributed by atoms with E-state index in [1.54, 1.807) is 24.3 Å². The molecule has 0 heterocycles. The lowest BCUT2D eigenvalue weighted by Crippen LogP contribution is -2.34. The SMILES string of the molecule is O=C(CCN(CCO)CC(F)F)Nc1ccccc1Cl. The first kappa shape index (κ1) is 16.8. The molecule has 2 N–H and O–H groups in total. The number of carbonyl (C=O) groups excluding carboxylic acids is 1. The third kappa shape index (κ3) is 6.27. The summed E-state index contributed by atoms with van der Waals surface area (Å²) in [6, 6.07) is 6.77. The van der Waals surface area contributed by atoms with Crippen LogP contribution in [-0.2, 0) is 4.79 Å². The van der Waals surface area contributed by atoms with Gasteiger partial charge < -0.3 is 10.4 Å². The highest BCUT2D eigenvalue weighted by atomic mass is 35.5. The van der Waals surface area contributed by atoms with Crippen molar-refractivity contribution in [2.45, 2.75) is 12.8 Å². The van der Waals surface area contributed by atoms with E-state index in [9.17, 15) is 13.6 Å². The number of halogens is 3. The molecule has 0 saturated heterocycles. The third-order valence-corrected chi connectivity index (χ3v) is 2.95. The summed E-state index contributed by atoms with van der Waals surface area (Å²) >= 11 is 5.89. The number of nitrogens with zero attached hydrogens (tertiary/aromatic N) is 1. The van der Waals surface area contributed by atoms with E-state index in [2.05, 4.69) is 5.32 Å². The van der Waals surface area contributed by atoms with Gasteiger partial charge in [-0.15, -0.1) is 0 Å². The minimum absolute atomic E-state index is 0.0535. The number of nitrogens with one attached hydrogen (secondary N) is 1. The highest BCUT2D eigenvalue weighted by molar-refractivity contribution is 6.33. The van der Waals surface area contributed by atoms with Crippen molar-refractivity contribution in [2.24, 2.45) is 0 Å². The van der Waals surface area contributed by atoms with Crippen LogP contribution in [0.3, 0.4) is 0 Å². The molecule has 0 saturated carbocycles. The molecule has 1 aromatic carbocycles. The molecule has 1 amide bonds. The summed E-state index contributed by atoms with van der Waals surface area (Å²) in [5.41, 5.74) is 0.488. The van der Waals surface area contributed by atoms with E-state index in [0.29, 0.717) is 10.7 Å². The van der Waals surface area contributed by atoms with E-state index in [1.807, 2.05) is 0 Å². The zero-order valence-corrected chi connectivity index (χ0v) is 11.6. The molecule has 0 atom stereocenters. The molecule has 0 fully saturated rings. The van der Waals surface area contributed by atoms with Gasteiger partial charge in [-0.25, -0.2) is 8.78 Å². The molecule has 0 bridgehead atoms. The first-order valence-corrected chi connectivity index (χ1v) is 6.56. The number of benzene rings is 1. The second-order valence-corrected chi connectivity index (χ2v) is 4.60. The lowest BCUT2D eigenvalue weighted by atomic mass is 10.3. The molecule has 1 aromatic rings. The Morgan fingerprint density at radius 1 is 1.35 bits per heavy atom. The van der Waals surface area contributed by atoms with Crippen molar-refractivity contribution in [1.29, 1.82) is 0 Å². The van der Waals surface area contributed by atoms with Crippen LogP contribution in [-0.4, -0.2) is 48.6 Å². The van der Waals surface area contributed by atoms with Crippen molar-refractivity contribution in [2.75, 3.05) is 31.6 Å². The average molecular weight is 307 g/mol. The number of carbonyl (C=O) groups is 1. The average Bonchev–Trinajstić information content (AvgIpc) is 2.38. The molecule has 0 spiro atoms. The molecule has 4 nitrogen and oxygen atoms in total. The standard InChI is InChI=1S/C13H17ClF2N2O2/c14-10-3-1-2-4-11(10)17-13(20)5-6-18(7-8-19)9-12(15)16/h1-4,12,19H,5-9H2,(H,17,20). The monoisotopic (exact) mass is 306 g/mol. The maximum absolute atomic E-state index is 12.3. The van der Waals surface area contributed by atoms with Crippen LogP contribution in [0, 0.1) is 0 Å². The number of hydrogen-bond acceptors (Lipinski definition) is 3. The van der Waals surface area contributed by atoms with Gasteiger partial charge in [0.05, 0.1) is 23.9 Å². The molecule has 0 aliphatic heterocycles. The van der Waals surface area contributed by atoms with Crippen LogP contribution in [0.15, 0.2) is 24.3 Å². The van der Waals surface area contributed by atoms with E-state index >= 15 is 0 Å². The lowest BCUT2D eigenvalue weighted by Gasteiger charge is -2.20. The zero-order valence-electron chi connectivity index (χ0n) is 10.9. The Morgan fingerprint density at radius 3 is 2.65 bits per heavy atom. The van der Waals surface area contributed by atoms with Crippen molar-refractivity contribution >= 4 is 23.2 Å². The number of para-hydroxylation sites is 1.